The fraction of sp³-hybridized carbons (Fsp3) is 0.182. The number of carbonyl (C=O) groups is 1. The monoisotopic (exact) mass is 283 g/mol. The van der Waals surface area contributed by atoms with E-state index < -0.39 is 25.6 Å². The summed E-state index contributed by atoms with van der Waals surface area (Å²) in [5.74, 6) is -0.957. The van der Waals surface area contributed by atoms with E-state index in [-0.39, 0.29) is 22.8 Å². The highest BCUT2D eigenvalue weighted by atomic mass is 32.2. The summed E-state index contributed by atoms with van der Waals surface area (Å²) in [7, 11) is -3.95. The molecule has 1 aromatic rings. The van der Waals surface area contributed by atoms with E-state index >= 15 is 0 Å². The van der Waals surface area contributed by atoms with Gasteiger partial charge in [0.1, 0.15) is 0 Å². The van der Waals surface area contributed by atoms with Gasteiger partial charge in [-0.2, -0.15) is 0 Å². The zero-order valence-electron chi connectivity index (χ0n) is 9.82. The molecule has 0 saturated heterocycles. The Kier molecular flexibility index (Phi) is 3.11. The van der Waals surface area contributed by atoms with E-state index in [1.807, 2.05) is 0 Å². The van der Waals surface area contributed by atoms with Crippen molar-refractivity contribution in [3.05, 3.63) is 38.8 Å². The van der Waals surface area contributed by atoms with Crippen molar-refractivity contribution in [1.29, 1.82) is 0 Å². The molecule has 0 amide bonds. The van der Waals surface area contributed by atoms with Gasteiger partial charge >= 0.3 is 5.97 Å². The molecule has 0 aromatic heterocycles. The predicted octanol–water partition coefficient (Wildman–Crippen LogP) is 1.29. The lowest BCUT2D eigenvalue weighted by Gasteiger charge is -2.02. The van der Waals surface area contributed by atoms with Gasteiger partial charge in [-0.3, -0.25) is 10.1 Å². The first-order valence-corrected chi connectivity index (χ1v) is 6.78. The highest BCUT2D eigenvalue weighted by molar-refractivity contribution is 7.96. The number of benzene rings is 1. The normalized spacial score (nSPS) is 15.5. The van der Waals surface area contributed by atoms with Crippen LogP contribution in [0.1, 0.15) is 12.5 Å². The molecular weight excluding hydrogens is 274 g/mol. The molecule has 1 aliphatic heterocycles. The number of rotatable bonds is 3. The van der Waals surface area contributed by atoms with Crippen LogP contribution in [0.4, 0.5) is 5.69 Å². The molecule has 0 radical (unpaired) electrons. The van der Waals surface area contributed by atoms with Gasteiger partial charge in [-0.05, 0) is 19.1 Å². The van der Waals surface area contributed by atoms with E-state index in [1.54, 1.807) is 6.92 Å². The van der Waals surface area contributed by atoms with E-state index in [0.29, 0.717) is 0 Å². The minimum absolute atomic E-state index is 0.0438. The van der Waals surface area contributed by atoms with Crippen LogP contribution in [0.5, 0.6) is 0 Å². The van der Waals surface area contributed by atoms with Gasteiger partial charge in [0.05, 0.1) is 16.4 Å². The van der Waals surface area contributed by atoms with Gasteiger partial charge < -0.3 is 4.74 Å². The van der Waals surface area contributed by atoms with Crippen LogP contribution in [0.3, 0.4) is 0 Å². The number of nitrogens with zero attached hydrogens (tertiary/aromatic N) is 1. The second kappa shape index (κ2) is 4.47. The SMILES string of the molecule is CCOC(=O)C1=Cc2cc([N+](=O)[O-])ccc2S1(=O)=O. The van der Waals surface area contributed by atoms with Gasteiger partial charge in [-0.25, -0.2) is 13.2 Å². The molecule has 0 spiro atoms. The van der Waals surface area contributed by atoms with Gasteiger partial charge in [0.2, 0.25) is 9.84 Å². The first-order chi connectivity index (χ1) is 8.87. The molecule has 1 aliphatic rings. The maximum atomic E-state index is 12.0. The first-order valence-electron chi connectivity index (χ1n) is 5.30. The van der Waals surface area contributed by atoms with Crippen molar-refractivity contribution < 1.29 is 22.9 Å². The van der Waals surface area contributed by atoms with Gasteiger partial charge in [0.25, 0.3) is 5.69 Å². The summed E-state index contributed by atoms with van der Waals surface area (Å²) in [6.07, 6.45) is 1.09. The van der Waals surface area contributed by atoms with Crippen molar-refractivity contribution in [1.82, 2.24) is 0 Å². The Morgan fingerprint density at radius 1 is 1.42 bits per heavy atom. The van der Waals surface area contributed by atoms with Gasteiger partial charge in [-0.1, -0.05) is 0 Å². The predicted molar refractivity (Wildman–Crippen MR) is 64.9 cm³/mol. The molecule has 0 saturated carbocycles. The van der Waals surface area contributed by atoms with Crippen LogP contribution in [0.2, 0.25) is 0 Å². The third kappa shape index (κ3) is 2.10. The van der Waals surface area contributed by atoms with E-state index in [4.69, 9.17) is 0 Å². The standard InChI is InChI=1S/C11H9NO6S/c1-2-18-11(13)10-6-7-5-8(12(14)15)3-4-9(7)19(10,16)17/h3-6H,2H2,1H3. The van der Waals surface area contributed by atoms with Crippen molar-refractivity contribution in [3.63, 3.8) is 0 Å². The zero-order valence-corrected chi connectivity index (χ0v) is 10.6. The third-order valence-corrected chi connectivity index (χ3v) is 4.36. The Labute approximate surface area is 108 Å². The summed E-state index contributed by atoms with van der Waals surface area (Å²) >= 11 is 0. The van der Waals surface area contributed by atoms with E-state index in [9.17, 15) is 23.3 Å². The molecule has 2 rings (SSSR count). The summed E-state index contributed by atoms with van der Waals surface area (Å²) in [5, 5.41) is 10.6. The smallest absolute Gasteiger partial charge is 0.350 e. The Morgan fingerprint density at radius 3 is 2.68 bits per heavy atom. The molecule has 1 heterocycles. The van der Waals surface area contributed by atoms with Crippen LogP contribution < -0.4 is 0 Å². The second-order valence-corrected chi connectivity index (χ2v) is 5.60. The molecule has 0 N–H and O–H groups in total. The lowest BCUT2D eigenvalue weighted by Crippen LogP contribution is -2.13. The second-order valence-electron chi connectivity index (χ2n) is 3.71. The minimum Gasteiger partial charge on any atom is -0.462 e. The molecule has 100 valence electrons. The summed E-state index contributed by atoms with van der Waals surface area (Å²) < 4.78 is 28.7. The summed E-state index contributed by atoms with van der Waals surface area (Å²) in [6, 6.07) is 3.31. The van der Waals surface area contributed by atoms with Crippen molar-refractivity contribution in [3.8, 4) is 0 Å². The molecule has 0 fully saturated rings. The summed E-state index contributed by atoms with van der Waals surface area (Å²) in [4.78, 5) is 20.9. The largest absolute Gasteiger partial charge is 0.462 e. The molecule has 7 nitrogen and oxygen atoms in total. The number of carbonyl (C=O) groups excluding carboxylic acids is 1. The van der Waals surface area contributed by atoms with Crippen molar-refractivity contribution in [2.45, 2.75) is 11.8 Å². The fourth-order valence-corrected chi connectivity index (χ4v) is 3.19. The Bertz CT molecular complexity index is 704. The lowest BCUT2D eigenvalue weighted by atomic mass is 10.2. The number of esters is 1. The number of nitro groups is 1. The quantitative estimate of drug-likeness (QED) is 0.470. The zero-order chi connectivity index (χ0) is 14.2. The third-order valence-electron chi connectivity index (χ3n) is 2.55. The summed E-state index contributed by atoms with van der Waals surface area (Å²) in [6.45, 7) is 1.60. The molecule has 0 aliphatic carbocycles. The number of hydrogen-bond donors (Lipinski definition) is 0. The van der Waals surface area contributed by atoms with Crippen molar-refractivity contribution >= 4 is 27.6 Å². The maximum Gasteiger partial charge on any atom is 0.350 e. The van der Waals surface area contributed by atoms with Crippen molar-refractivity contribution in [2.75, 3.05) is 6.61 Å². The first kappa shape index (κ1) is 13.2. The highest BCUT2D eigenvalue weighted by Gasteiger charge is 2.36. The van der Waals surface area contributed by atoms with E-state index in [1.165, 1.54) is 0 Å². The number of non-ortho nitro benzene ring substituents is 1. The topological polar surface area (TPSA) is 104 Å². The molecule has 19 heavy (non-hydrogen) atoms. The van der Waals surface area contributed by atoms with Gasteiger partial charge in [0, 0.05) is 17.7 Å². The van der Waals surface area contributed by atoms with Crippen LogP contribution in [0.25, 0.3) is 6.08 Å². The van der Waals surface area contributed by atoms with E-state index in [0.717, 1.165) is 24.3 Å². The number of fused-ring (bicyclic) bond motifs is 1. The average Bonchev–Trinajstić information content (AvgIpc) is 2.61. The van der Waals surface area contributed by atoms with Crippen LogP contribution in [0, 0.1) is 10.1 Å². The number of ether oxygens (including phenoxy) is 1. The van der Waals surface area contributed by atoms with Crippen molar-refractivity contribution in [2.24, 2.45) is 0 Å². The maximum absolute atomic E-state index is 12.0. The van der Waals surface area contributed by atoms with Crippen LogP contribution in [-0.4, -0.2) is 25.9 Å². The minimum atomic E-state index is -3.95. The number of nitro benzene ring substituents is 1. The summed E-state index contributed by atoms with van der Waals surface area (Å²) in [5.41, 5.74) is -0.118. The Morgan fingerprint density at radius 2 is 2.11 bits per heavy atom. The van der Waals surface area contributed by atoms with Crippen LogP contribution in [0.15, 0.2) is 28.0 Å². The van der Waals surface area contributed by atoms with E-state index in [2.05, 4.69) is 4.74 Å². The molecule has 1 aromatic carbocycles. The Hall–Kier alpha value is -2.22. The number of hydrogen-bond acceptors (Lipinski definition) is 6. The molecule has 0 atom stereocenters. The molecular formula is C11H9NO6S. The van der Waals surface area contributed by atoms with Crippen LogP contribution in [-0.2, 0) is 19.4 Å². The Balaban J connectivity index is 2.55. The fourth-order valence-electron chi connectivity index (χ4n) is 1.72. The van der Waals surface area contributed by atoms with Crippen LogP contribution >= 0.6 is 0 Å². The number of sulfone groups is 1. The lowest BCUT2D eigenvalue weighted by molar-refractivity contribution is -0.384. The van der Waals surface area contributed by atoms with Gasteiger partial charge in [0.15, 0.2) is 4.91 Å². The average molecular weight is 283 g/mol. The highest BCUT2D eigenvalue weighted by Crippen LogP contribution is 2.35. The molecule has 0 unspecified atom stereocenters. The molecule has 0 bridgehead atoms. The van der Waals surface area contributed by atoms with Gasteiger partial charge in [-0.15, -0.1) is 0 Å². The molecule has 8 heteroatoms.